The molecule has 2 heterocycles. The molecule has 2 saturated heterocycles. The first-order chi connectivity index (χ1) is 4.31. The molecule has 0 aliphatic carbocycles. The molecule has 2 fully saturated rings. The zero-order valence-electron chi connectivity index (χ0n) is 5.42. The molecule has 0 N–H and O–H groups in total. The number of ether oxygens (including phenoxy) is 3. The highest BCUT2D eigenvalue weighted by Crippen LogP contribution is 2.37. The van der Waals surface area contributed by atoms with E-state index >= 15 is 0 Å². The monoisotopic (exact) mass is 130 g/mol. The zero-order chi connectivity index (χ0) is 6.32. The quantitative estimate of drug-likeness (QED) is 0.437. The molecule has 0 radical (unpaired) electrons. The molecule has 0 aromatic rings. The first-order valence-electron chi connectivity index (χ1n) is 3.15. The highest BCUT2D eigenvalue weighted by molar-refractivity contribution is 4.99. The third kappa shape index (κ3) is 0.852. The fourth-order valence-electron chi connectivity index (χ4n) is 1.09. The molecule has 2 rings (SSSR count). The van der Waals surface area contributed by atoms with Crippen molar-refractivity contribution in [2.24, 2.45) is 0 Å². The van der Waals surface area contributed by atoms with Crippen LogP contribution < -0.4 is 0 Å². The Morgan fingerprint density at radius 2 is 2.33 bits per heavy atom. The molecule has 2 aliphatic heterocycles. The second-order valence-corrected chi connectivity index (χ2v) is 2.76. The van der Waals surface area contributed by atoms with E-state index in [1.54, 1.807) is 0 Å². The molecule has 3 heteroatoms. The second-order valence-electron chi connectivity index (χ2n) is 2.76. The highest BCUT2D eigenvalue weighted by Gasteiger charge is 2.53. The Kier molecular flexibility index (Phi) is 1.06. The van der Waals surface area contributed by atoms with Crippen LogP contribution in [-0.4, -0.2) is 31.7 Å². The van der Waals surface area contributed by atoms with Crippen LogP contribution in [0.4, 0.5) is 0 Å². The molecule has 2 unspecified atom stereocenters. The van der Waals surface area contributed by atoms with Gasteiger partial charge < -0.3 is 14.2 Å². The smallest absolute Gasteiger partial charge is 0.146 e. The van der Waals surface area contributed by atoms with Crippen molar-refractivity contribution in [1.29, 1.82) is 0 Å². The van der Waals surface area contributed by atoms with Crippen LogP contribution >= 0.6 is 0 Å². The Balaban J connectivity index is 2.00. The minimum absolute atomic E-state index is 0.0174. The Bertz CT molecular complexity index is 125. The van der Waals surface area contributed by atoms with Crippen molar-refractivity contribution in [1.82, 2.24) is 0 Å². The van der Waals surface area contributed by atoms with E-state index in [4.69, 9.17) is 14.2 Å². The summed E-state index contributed by atoms with van der Waals surface area (Å²) in [6.45, 7) is 3.84. The summed E-state index contributed by atoms with van der Waals surface area (Å²) >= 11 is 0. The zero-order valence-corrected chi connectivity index (χ0v) is 5.42. The van der Waals surface area contributed by atoms with Gasteiger partial charge in [-0.25, -0.2) is 0 Å². The Morgan fingerprint density at radius 3 is 3.22 bits per heavy atom. The summed E-state index contributed by atoms with van der Waals surface area (Å²) < 4.78 is 15.5. The first kappa shape index (κ1) is 5.65. The van der Waals surface area contributed by atoms with Crippen LogP contribution in [0.1, 0.15) is 6.92 Å². The van der Waals surface area contributed by atoms with Gasteiger partial charge in [-0.3, -0.25) is 0 Å². The lowest BCUT2D eigenvalue weighted by molar-refractivity contribution is -0.0643. The molecule has 0 saturated carbocycles. The van der Waals surface area contributed by atoms with Crippen molar-refractivity contribution in [2.75, 3.05) is 20.0 Å². The maximum atomic E-state index is 5.30. The lowest BCUT2D eigenvalue weighted by atomic mass is 10.1. The molecular formula is C6H10O3. The molecule has 0 bridgehead atoms. The van der Waals surface area contributed by atoms with Crippen LogP contribution in [0.5, 0.6) is 0 Å². The third-order valence-corrected chi connectivity index (χ3v) is 1.86. The van der Waals surface area contributed by atoms with Crippen molar-refractivity contribution in [2.45, 2.75) is 18.6 Å². The fourth-order valence-corrected chi connectivity index (χ4v) is 1.09. The summed E-state index contributed by atoms with van der Waals surface area (Å²) in [7, 11) is 0. The van der Waals surface area contributed by atoms with E-state index in [0.717, 1.165) is 0 Å². The van der Waals surface area contributed by atoms with E-state index in [-0.39, 0.29) is 5.60 Å². The maximum absolute atomic E-state index is 5.30. The predicted molar refractivity (Wildman–Crippen MR) is 30.0 cm³/mol. The summed E-state index contributed by atoms with van der Waals surface area (Å²) in [6.07, 6.45) is 0.292. The lowest BCUT2D eigenvalue weighted by Gasteiger charge is -2.01. The Labute approximate surface area is 53.9 Å². The van der Waals surface area contributed by atoms with Crippen LogP contribution in [0.3, 0.4) is 0 Å². The molecule has 0 amide bonds. The highest BCUT2D eigenvalue weighted by atomic mass is 16.7. The normalized spacial score (nSPS) is 49.7. The number of rotatable bonds is 0. The minimum Gasteiger partial charge on any atom is -0.361 e. The molecule has 3 nitrogen and oxygen atoms in total. The van der Waals surface area contributed by atoms with Gasteiger partial charge in [0, 0.05) is 0 Å². The topological polar surface area (TPSA) is 31.0 Å². The van der Waals surface area contributed by atoms with Gasteiger partial charge in [0.25, 0.3) is 0 Å². The number of fused-ring (bicyclic) bond motifs is 1. The predicted octanol–water partition coefficient (Wildman–Crippen LogP) is 0.148. The summed E-state index contributed by atoms with van der Waals surface area (Å²) in [6, 6.07) is 0. The van der Waals surface area contributed by atoms with Crippen molar-refractivity contribution in [3.05, 3.63) is 0 Å². The van der Waals surface area contributed by atoms with E-state index in [1.165, 1.54) is 0 Å². The van der Waals surface area contributed by atoms with Gasteiger partial charge in [-0.2, -0.15) is 0 Å². The molecule has 52 valence electrons. The van der Waals surface area contributed by atoms with Gasteiger partial charge >= 0.3 is 0 Å². The van der Waals surface area contributed by atoms with Crippen molar-refractivity contribution in [3.8, 4) is 0 Å². The summed E-state index contributed by atoms with van der Waals surface area (Å²) in [4.78, 5) is 0. The van der Waals surface area contributed by atoms with Gasteiger partial charge in [-0.05, 0) is 6.92 Å². The van der Waals surface area contributed by atoms with Crippen LogP contribution in [0.2, 0.25) is 0 Å². The average Bonchev–Trinajstić information content (AvgIpc) is 2.40. The van der Waals surface area contributed by atoms with E-state index in [1.807, 2.05) is 6.92 Å². The van der Waals surface area contributed by atoms with E-state index in [9.17, 15) is 0 Å². The van der Waals surface area contributed by atoms with Gasteiger partial charge in [-0.15, -0.1) is 0 Å². The largest absolute Gasteiger partial charge is 0.361 e. The molecular weight excluding hydrogens is 120 g/mol. The summed E-state index contributed by atoms with van der Waals surface area (Å²) in [5.74, 6) is 0. The van der Waals surface area contributed by atoms with Crippen molar-refractivity contribution in [3.63, 3.8) is 0 Å². The fraction of sp³-hybridized carbons (Fsp3) is 1.00. The Morgan fingerprint density at radius 1 is 1.44 bits per heavy atom. The van der Waals surface area contributed by atoms with Crippen molar-refractivity contribution >= 4 is 0 Å². The standard InChI is InChI=1S/C6H10O3/c1-6-3-8-4-7-2-5(6)9-6/h5H,2-4H2,1H3. The lowest BCUT2D eigenvalue weighted by Crippen LogP contribution is -2.16. The van der Waals surface area contributed by atoms with E-state index < -0.39 is 0 Å². The molecule has 2 atom stereocenters. The minimum atomic E-state index is -0.0174. The first-order valence-corrected chi connectivity index (χ1v) is 3.15. The summed E-state index contributed by atoms with van der Waals surface area (Å²) in [5.41, 5.74) is -0.0174. The van der Waals surface area contributed by atoms with Gasteiger partial charge in [-0.1, -0.05) is 0 Å². The van der Waals surface area contributed by atoms with Gasteiger partial charge in [0.1, 0.15) is 18.5 Å². The summed E-state index contributed by atoms with van der Waals surface area (Å²) in [5, 5.41) is 0. The molecule has 2 aliphatic rings. The molecule has 0 aromatic heterocycles. The number of hydrogen-bond acceptors (Lipinski definition) is 3. The van der Waals surface area contributed by atoms with Gasteiger partial charge in [0.15, 0.2) is 0 Å². The van der Waals surface area contributed by atoms with Crippen LogP contribution in [0.15, 0.2) is 0 Å². The van der Waals surface area contributed by atoms with Crippen LogP contribution in [-0.2, 0) is 14.2 Å². The molecule has 0 spiro atoms. The van der Waals surface area contributed by atoms with Crippen molar-refractivity contribution < 1.29 is 14.2 Å². The third-order valence-electron chi connectivity index (χ3n) is 1.86. The Hall–Kier alpha value is -0.120. The van der Waals surface area contributed by atoms with Gasteiger partial charge in [0.05, 0.1) is 13.2 Å². The SMILES string of the molecule is CC12COCOCC1O2. The van der Waals surface area contributed by atoms with E-state index in [2.05, 4.69) is 0 Å². The van der Waals surface area contributed by atoms with Crippen LogP contribution in [0, 0.1) is 0 Å². The van der Waals surface area contributed by atoms with E-state index in [0.29, 0.717) is 26.1 Å². The van der Waals surface area contributed by atoms with Crippen LogP contribution in [0.25, 0.3) is 0 Å². The second kappa shape index (κ2) is 1.68. The molecule has 9 heavy (non-hydrogen) atoms. The molecule has 0 aromatic carbocycles. The average molecular weight is 130 g/mol. The maximum Gasteiger partial charge on any atom is 0.146 e. The van der Waals surface area contributed by atoms with Gasteiger partial charge in [0.2, 0.25) is 0 Å². The number of hydrogen-bond donors (Lipinski definition) is 0. The number of epoxide rings is 1.